The van der Waals surface area contributed by atoms with Crippen LogP contribution in [-0.2, 0) is 11.3 Å². The average molecular weight is 487 g/mol. The second-order valence-electron chi connectivity index (χ2n) is 8.69. The first-order valence-corrected chi connectivity index (χ1v) is 12.9. The molecule has 0 aliphatic carbocycles. The van der Waals surface area contributed by atoms with Crippen LogP contribution in [0.25, 0.3) is 0 Å². The molecule has 0 bridgehead atoms. The minimum atomic E-state index is -0.0481. The van der Waals surface area contributed by atoms with Crippen LogP contribution in [0.2, 0.25) is 5.02 Å². The van der Waals surface area contributed by atoms with Crippen molar-refractivity contribution in [2.75, 3.05) is 52.1 Å². The van der Waals surface area contributed by atoms with Crippen LogP contribution in [0.3, 0.4) is 0 Å². The maximum absolute atomic E-state index is 12.5. The highest BCUT2D eigenvalue weighted by Crippen LogP contribution is 2.39. The molecule has 33 heavy (non-hydrogen) atoms. The van der Waals surface area contributed by atoms with Gasteiger partial charge in [-0.15, -0.1) is 11.8 Å². The third kappa shape index (κ3) is 6.51. The predicted molar refractivity (Wildman–Crippen MR) is 135 cm³/mol. The third-order valence-corrected chi connectivity index (χ3v) is 7.73. The predicted octanol–water partition coefficient (Wildman–Crippen LogP) is 3.48. The zero-order chi connectivity index (χ0) is 23.2. The van der Waals surface area contributed by atoms with E-state index >= 15 is 0 Å². The molecule has 0 saturated carbocycles. The summed E-state index contributed by atoms with van der Waals surface area (Å²) in [6.07, 6.45) is 0.952. The summed E-state index contributed by atoms with van der Waals surface area (Å²) in [6.45, 7) is 6.66. The van der Waals surface area contributed by atoms with Crippen LogP contribution in [0, 0.1) is 0 Å². The first-order valence-electron chi connectivity index (χ1n) is 11.4. The lowest BCUT2D eigenvalue weighted by molar-refractivity contribution is -0.128. The van der Waals surface area contributed by atoms with Gasteiger partial charge in [-0.2, -0.15) is 0 Å². The van der Waals surface area contributed by atoms with Crippen molar-refractivity contribution in [1.82, 2.24) is 20.0 Å². The molecule has 4 rings (SSSR count). The minimum absolute atomic E-state index is 0.0473. The fourth-order valence-corrected chi connectivity index (χ4v) is 5.48. The van der Waals surface area contributed by atoms with Gasteiger partial charge >= 0.3 is 0 Å². The summed E-state index contributed by atoms with van der Waals surface area (Å²) in [5.41, 5.74) is 2.73. The quantitative estimate of drug-likeness (QED) is 0.579. The Morgan fingerprint density at radius 2 is 1.76 bits per heavy atom. The summed E-state index contributed by atoms with van der Waals surface area (Å²) >= 11 is 7.60. The van der Waals surface area contributed by atoms with Crippen LogP contribution in [-0.4, -0.2) is 78.6 Å². The van der Waals surface area contributed by atoms with Crippen molar-refractivity contribution < 1.29 is 9.59 Å². The summed E-state index contributed by atoms with van der Waals surface area (Å²) in [5.74, 6) is 0.545. The van der Waals surface area contributed by atoms with Crippen molar-refractivity contribution in [1.29, 1.82) is 0 Å². The fraction of sp³-hybridized carbons (Fsp3) is 0.440. The summed E-state index contributed by atoms with van der Waals surface area (Å²) in [5, 5.41) is 3.67. The van der Waals surface area contributed by atoms with E-state index in [0.717, 1.165) is 50.3 Å². The van der Waals surface area contributed by atoms with Crippen molar-refractivity contribution in [3.63, 3.8) is 0 Å². The first-order chi connectivity index (χ1) is 16.0. The van der Waals surface area contributed by atoms with Gasteiger partial charge in [-0.1, -0.05) is 35.9 Å². The van der Waals surface area contributed by atoms with Crippen LogP contribution in [0.1, 0.15) is 33.3 Å². The summed E-state index contributed by atoms with van der Waals surface area (Å²) < 4.78 is 0. The monoisotopic (exact) mass is 486 g/mol. The molecule has 176 valence electrons. The van der Waals surface area contributed by atoms with E-state index in [9.17, 15) is 9.59 Å². The van der Waals surface area contributed by atoms with E-state index in [0.29, 0.717) is 29.4 Å². The SMILES string of the molecule is CN1CCN(CCCNC(=O)c2ccc([C@@H]3SCC(=O)N3Cc3ccc(Cl)cc3)cc2)CC1. The Labute approximate surface area is 205 Å². The smallest absolute Gasteiger partial charge is 0.251 e. The number of nitrogens with one attached hydrogen (secondary N) is 1. The van der Waals surface area contributed by atoms with Gasteiger partial charge in [0.05, 0.1) is 5.75 Å². The fourth-order valence-electron chi connectivity index (χ4n) is 4.16. The van der Waals surface area contributed by atoms with Crippen molar-refractivity contribution in [2.24, 2.45) is 0 Å². The number of benzene rings is 2. The summed E-state index contributed by atoms with van der Waals surface area (Å²) in [4.78, 5) is 31.7. The van der Waals surface area contributed by atoms with Gasteiger partial charge in [-0.25, -0.2) is 0 Å². The van der Waals surface area contributed by atoms with Gasteiger partial charge in [0.1, 0.15) is 5.37 Å². The molecule has 2 saturated heterocycles. The number of halogens is 1. The van der Waals surface area contributed by atoms with E-state index in [2.05, 4.69) is 22.2 Å². The average Bonchev–Trinajstić information content (AvgIpc) is 3.19. The second-order valence-corrected chi connectivity index (χ2v) is 10.2. The Balaban J connectivity index is 1.28. The lowest BCUT2D eigenvalue weighted by Gasteiger charge is -2.32. The van der Waals surface area contributed by atoms with Crippen LogP contribution in [0.4, 0.5) is 0 Å². The Morgan fingerprint density at radius 1 is 1.06 bits per heavy atom. The molecule has 0 spiro atoms. The lowest BCUT2D eigenvalue weighted by atomic mass is 10.1. The highest BCUT2D eigenvalue weighted by Gasteiger charge is 2.32. The van der Waals surface area contributed by atoms with Gasteiger partial charge in [-0.3, -0.25) is 9.59 Å². The maximum Gasteiger partial charge on any atom is 0.251 e. The highest BCUT2D eigenvalue weighted by molar-refractivity contribution is 8.00. The van der Waals surface area contributed by atoms with Gasteiger partial charge in [0.15, 0.2) is 0 Å². The van der Waals surface area contributed by atoms with E-state index in [1.165, 1.54) is 0 Å². The number of likely N-dealkylation sites (N-methyl/N-ethyl adjacent to an activating group) is 1. The molecule has 2 aromatic rings. The van der Waals surface area contributed by atoms with Gasteiger partial charge in [0.25, 0.3) is 5.91 Å². The molecule has 2 aliphatic heterocycles. The number of hydrogen-bond acceptors (Lipinski definition) is 5. The molecule has 0 unspecified atom stereocenters. The maximum atomic E-state index is 12.5. The molecule has 2 fully saturated rings. The molecule has 2 heterocycles. The van der Waals surface area contributed by atoms with Crippen LogP contribution in [0.15, 0.2) is 48.5 Å². The number of carbonyl (C=O) groups is 2. The molecule has 0 aromatic heterocycles. The summed E-state index contributed by atoms with van der Waals surface area (Å²) in [7, 11) is 2.16. The van der Waals surface area contributed by atoms with Crippen LogP contribution < -0.4 is 5.32 Å². The van der Waals surface area contributed by atoms with Crippen molar-refractivity contribution in [3.05, 3.63) is 70.2 Å². The molecule has 2 aliphatic rings. The van der Waals surface area contributed by atoms with E-state index in [1.807, 2.05) is 53.4 Å². The number of carbonyl (C=O) groups excluding carboxylic acids is 2. The number of hydrogen-bond donors (Lipinski definition) is 1. The standard InChI is InChI=1S/C25H31ClN4O2S/c1-28-13-15-29(16-14-28)12-2-11-27-24(32)20-5-7-21(8-6-20)25-30(23(31)18-33-25)17-19-3-9-22(26)10-4-19/h3-10,25H,2,11-18H2,1H3,(H,27,32)/t25-/m0/s1. The normalized spacial score (nSPS) is 19.8. The number of piperazine rings is 1. The van der Waals surface area contributed by atoms with E-state index in [1.54, 1.807) is 11.8 Å². The molecule has 0 radical (unpaired) electrons. The van der Waals surface area contributed by atoms with Gasteiger partial charge in [0, 0.05) is 49.9 Å². The van der Waals surface area contributed by atoms with Gasteiger partial charge in [0.2, 0.25) is 5.91 Å². The molecular formula is C25H31ClN4O2S. The molecule has 2 aromatic carbocycles. The number of thioether (sulfide) groups is 1. The minimum Gasteiger partial charge on any atom is -0.352 e. The Hall–Kier alpha value is -2.06. The zero-order valence-corrected chi connectivity index (χ0v) is 20.6. The van der Waals surface area contributed by atoms with Crippen LogP contribution in [0.5, 0.6) is 0 Å². The molecule has 6 nitrogen and oxygen atoms in total. The lowest BCUT2D eigenvalue weighted by Crippen LogP contribution is -2.45. The molecule has 1 N–H and O–H groups in total. The van der Waals surface area contributed by atoms with Gasteiger partial charge in [-0.05, 0) is 55.4 Å². The van der Waals surface area contributed by atoms with Crippen molar-refractivity contribution >= 4 is 35.2 Å². The van der Waals surface area contributed by atoms with Crippen molar-refractivity contribution in [3.8, 4) is 0 Å². The summed E-state index contributed by atoms with van der Waals surface area (Å²) in [6, 6.07) is 15.2. The second kappa shape index (κ2) is 11.4. The third-order valence-electron chi connectivity index (χ3n) is 6.22. The molecule has 8 heteroatoms. The Bertz CT molecular complexity index is 946. The van der Waals surface area contributed by atoms with Crippen LogP contribution >= 0.6 is 23.4 Å². The van der Waals surface area contributed by atoms with Crippen molar-refractivity contribution in [2.45, 2.75) is 18.3 Å². The van der Waals surface area contributed by atoms with Gasteiger partial charge < -0.3 is 20.0 Å². The molecular weight excluding hydrogens is 456 g/mol. The van der Waals surface area contributed by atoms with E-state index < -0.39 is 0 Å². The number of amides is 2. The number of rotatable bonds is 8. The number of nitrogens with zero attached hydrogens (tertiary/aromatic N) is 3. The topological polar surface area (TPSA) is 55.9 Å². The van der Waals surface area contributed by atoms with E-state index in [-0.39, 0.29) is 17.2 Å². The molecule has 2 amide bonds. The Kier molecular flexibility index (Phi) is 8.30. The first kappa shape index (κ1) is 24.1. The Morgan fingerprint density at radius 3 is 2.45 bits per heavy atom. The highest BCUT2D eigenvalue weighted by atomic mass is 35.5. The largest absolute Gasteiger partial charge is 0.352 e. The zero-order valence-electron chi connectivity index (χ0n) is 19.0. The van der Waals surface area contributed by atoms with E-state index in [4.69, 9.17) is 11.6 Å². The molecule has 1 atom stereocenters.